The number of hydrogen-bond acceptors (Lipinski definition) is 5. The van der Waals surface area contributed by atoms with Crippen molar-refractivity contribution < 1.29 is 24.0 Å². The number of fused-ring (bicyclic) bond motifs is 2. The Morgan fingerprint density at radius 2 is 1.66 bits per heavy atom. The van der Waals surface area contributed by atoms with Crippen LogP contribution in [0.2, 0.25) is 0 Å². The fourth-order valence-electron chi connectivity index (χ4n) is 6.14. The monoisotopic (exact) mass is 607 g/mol. The SMILES string of the molecule is CCCC(NC(=O)[C@@H]1[C@@H]2[C@H](CN1C(=O)[C@@H](NC(=O)NC(C)(C)C)C1Cc3ccccc3C1)C2(Cl)Cl)C(=O)C(=O)NC. The summed E-state index contributed by atoms with van der Waals surface area (Å²) in [6, 6.07) is 4.40. The van der Waals surface area contributed by atoms with Crippen molar-refractivity contribution in [3.05, 3.63) is 35.4 Å². The van der Waals surface area contributed by atoms with Crippen molar-refractivity contribution in [2.75, 3.05) is 13.6 Å². The van der Waals surface area contributed by atoms with E-state index >= 15 is 0 Å². The number of benzene rings is 1. The van der Waals surface area contributed by atoms with E-state index in [1.165, 1.54) is 11.9 Å². The van der Waals surface area contributed by atoms with Crippen LogP contribution in [0.15, 0.2) is 24.3 Å². The van der Waals surface area contributed by atoms with E-state index in [0.717, 1.165) is 11.1 Å². The van der Waals surface area contributed by atoms with E-state index < -0.39 is 63.5 Å². The lowest BCUT2D eigenvalue weighted by atomic mass is 9.94. The van der Waals surface area contributed by atoms with Gasteiger partial charge in [-0.2, -0.15) is 0 Å². The topological polar surface area (TPSA) is 137 Å². The number of ketones is 1. The summed E-state index contributed by atoms with van der Waals surface area (Å²) in [6.07, 6.45) is 1.97. The summed E-state index contributed by atoms with van der Waals surface area (Å²) < 4.78 is -1.19. The minimum Gasteiger partial charge on any atom is -0.353 e. The molecule has 1 aromatic rings. The molecule has 5 amide bonds. The highest BCUT2D eigenvalue weighted by Crippen LogP contribution is 2.65. The highest BCUT2D eigenvalue weighted by atomic mass is 35.5. The number of amides is 5. The molecule has 1 saturated heterocycles. The smallest absolute Gasteiger partial charge is 0.315 e. The van der Waals surface area contributed by atoms with Gasteiger partial charge in [-0.3, -0.25) is 19.2 Å². The maximum atomic E-state index is 14.3. The highest BCUT2D eigenvalue weighted by Gasteiger charge is 2.74. The van der Waals surface area contributed by atoms with Crippen LogP contribution in [0.25, 0.3) is 0 Å². The summed E-state index contributed by atoms with van der Waals surface area (Å²) >= 11 is 13.0. The standard InChI is InChI=1S/C29H39Cl2N5O5/c1-6-9-19(23(37)25(39)32-5)33-24(38)22-20-18(29(20,30)31)14-36(22)26(40)21(34-27(41)35-28(2,3)4)17-12-15-10-7-8-11-16(15)13-17/h7-8,10-11,17-22H,6,9,12-14H2,1-5H3,(H,32,39)(H,33,38)(H2,34,35,41)/t18-,19?,20-,21-,22-/m0/s1. The van der Waals surface area contributed by atoms with Crippen molar-refractivity contribution in [1.82, 2.24) is 26.2 Å². The van der Waals surface area contributed by atoms with Crippen LogP contribution in [0.3, 0.4) is 0 Å². The highest BCUT2D eigenvalue weighted by molar-refractivity contribution is 6.51. The molecule has 12 heteroatoms. The number of piperidine rings is 1. The quantitative estimate of drug-likeness (QED) is 0.252. The molecule has 4 N–H and O–H groups in total. The Hall–Kier alpha value is -2.85. The van der Waals surface area contributed by atoms with Gasteiger partial charge in [0.1, 0.15) is 16.4 Å². The molecular formula is C29H39Cl2N5O5. The fourth-order valence-corrected chi connectivity index (χ4v) is 6.96. The molecule has 224 valence electrons. The number of likely N-dealkylation sites (tertiary alicyclic amines) is 1. The zero-order chi connectivity index (χ0) is 30.3. The van der Waals surface area contributed by atoms with Crippen LogP contribution in [0.1, 0.15) is 51.7 Å². The molecule has 3 aliphatic rings. The van der Waals surface area contributed by atoms with Crippen LogP contribution in [0, 0.1) is 17.8 Å². The second kappa shape index (κ2) is 11.8. The van der Waals surface area contributed by atoms with E-state index in [-0.39, 0.29) is 24.8 Å². The predicted molar refractivity (Wildman–Crippen MR) is 155 cm³/mol. The number of hydrogen-bond donors (Lipinski definition) is 4. The summed E-state index contributed by atoms with van der Waals surface area (Å²) in [5.41, 5.74) is 1.70. The molecule has 1 saturated carbocycles. The summed E-state index contributed by atoms with van der Waals surface area (Å²) in [5, 5.41) is 10.7. The van der Waals surface area contributed by atoms with Crippen molar-refractivity contribution in [3.63, 3.8) is 0 Å². The number of carbonyl (C=O) groups is 5. The second-order valence-electron chi connectivity index (χ2n) is 12.3. The molecule has 2 aliphatic carbocycles. The first kappa shape index (κ1) is 31.1. The van der Waals surface area contributed by atoms with Gasteiger partial charge in [0.2, 0.25) is 17.6 Å². The fraction of sp³-hybridized carbons (Fsp3) is 0.621. The third-order valence-electron chi connectivity index (χ3n) is 8.14. The van der Waals surface area contributed by atoms with E-state index in [0.29, 0.717) is 19.3 Å². The van der Waals surface area contributed by atoms with Crippen LogP contribution in [-0.4, -0.2) is 76.0 Å². The Morgan fingerprint density at radius 3 is 2.20 bits per heavy atom. The van der Waals surface area contributed by atoms with Crippen molar-refractivity contribution in [3.8, 4) is 0 Å². The van der Waals surface area contributed by atoms with E-state index in [9.17, 15) is 24.0 Å². The molecule has 2 fully saturated rings. The van der Waals surface area contributed by atoms with Crippen LogP contribution in [-0.2, 0) is 32.0 Å². The third kappa shape index (κ3) is 6.48. The first-order valence-electron chi connectivity index (χ1n) is 14.1. The molecule has 0 radical (unpaired) electrons. The molecule has 1 aliphatic heterocycles. The Bertz CT molecular complexity index is 1210. The number of halogens is 2. The number of nitrogens with one attached hydrogen (secondary N) is 4. The molecular weight excluding hydrogens is 569 g/mol. The number of likely N-dealkylation sites (N-methyl/N-ethyl adjacent to an activating group) is 1. The van der Waals surface area contributed by atoms with Crippen molar-refractivity contribution >= 4 is 52.7 Å². The third-order valence-corrected chi connectivity index (χ3v) is 9.21. The maximum absolute atomic E-state index is 14.3. The number of carbonyl (C=O) groups excluding carboxylic acids is 5. The van der Waals surface area contributed by atoms with Crippen molar-refractivity contribution in [1.29, 1.82) is 0 Å². The summed E-state index contributed by atoms with van der Waals surface area (Å²) in [5.74, 6) is -3.70. The largest absolute Gasteiger partial charge is 0.353 e. The van der Waals surface area contributed by atoms with E-state index in [2.05, 4.69) is 21.3 Å². The van der Waals surface area contributed by atoms with Gasteiger partial charge in [0.05, 0.1) is 6.04 Å². The first-order valence-corrected chi connectivity index (χ1v) is 14.8. The van der Waals surface area contributed by atoms with Crippen LogP contribution in [0.4, 0.5) is 4.79 Å². The lowest BCUT2D eigenvalue weighted by Crippen LogP contribution is -2.61. The van der Waals surface area contributed by atoms with Crippen molar-refractivity contribution in [2.24, 2.45) is 17.8 Å². The Labute approximate surface area is 250 Å². The lowest BCUT2D eigenvalue weighted by Gasteiger charge is -2.35. The number of alkyl halides is 2. The lowest BCUT2D eigenvalue weighted by molar-refractivity contribution is -0.144. The minimum atomic E-state index is -1.19. The average Bonchev–Trinajstić information content (AvgIpc) is 3.28. The number of Topliss-reactive ketones (excluding diaryl/α,β-unsaturated/α-hetero) is 1. The second-order valence-corrected chi connectivity index (χ2v) is 13.7. The zero-order valence-electron chi connectivity index (χ0n) is 24.1. The molecule has 0 aromatic heterocycles. The van der Waals surface area contributed by atoms with Gasteiger partial charge in [-0.1, -0.05) is 37.6 Å². The molecule has 1 unspecified atom stereocenters. The van der Waals surface area contributed by atoms with Crippen LogP contribution in [0.5, 0.6) is 0 Å². The Morgan fingerprint density at radius 1 is 1.05 bits per heavy atom. The van der Waals surface area contributed by atoms with Gasteiger partial charge in [0, 0.05) is 31.0 Å². The Balaban J connectivity index is 1.60. The molecule has 0 spiro atoms. The normalized spacial score (nSPS) is 24.0. The van der Waals surface area contributed by atoms with Gasteiger partial charge >= 0.3 is 6.03 Å². The summed E-state index contributed by atoms with van der Waals surface area (Å²) in [6.45, 7) is 7.50. The van der Waals surface area contributed by atoms with Gasteiger partial charge in [0.25, 0.3) is 5.91 Å². The van der Waals surface area contributed by atoms with Gasteiger partial charge in [-0.05, 0) is 57.1 Å². The van der Waals surface area contributed by atoms with Crippen LogP contribution < -0.4 is 21.3 Å². The number of rotatable bonds is 9. The summed E-state index contributed by atoms with van der Waals surface area (Å²) in [7, 11) is 1.34. The summed E-state index contributed by atoms with van der Waals surface area (Å²) in [4.78, 5) is 67.1. The first-order chi connectivity index (χ1) is 19.2. The molecule has 0 bridgehead atoms. The number of urea groups is 1. The molecule has 10 nitrogen and oxygen atoms in total. The minimum absolute atomic E-state index is 0.134. The van der Waals surface area contributed by atoms with Gasteiger partial charge in [-0.15, -0.1) is 23.2 Å². The van der Waals surface area contributed by atoms with Gasteiger partial charge in [0.15, 0.2) is 0 Å². The van der Waals surface area contributed by atoms with E-state index in [4.69, 9.17) is 23.2 Å². The molecule has 5 atom stereocenters. The van der Waals surface area contributed by atoms with Gasteiger partial charge in [-0.25, -0.2) is 4.79 Å². The predicted octanol–water partition coefficient (Wildman–Crippen LogP) is 2.10. The van der Waals surface area contributed by atoms with Gasteiger partial charge < -0.3 is 26.2 Å². The molecule has 41 heavy (non-hydrogen) atoms. The maximum Gasteiger partial charge on any atom is 0.315 e. The molecule has 4 rings (SSSR count). The van der Waals surface area contributed by atoms with E-state index in [1.54, 1.807) is 0 Å². The van der Waals surface area contributed by atoms with E-state index in [1.807, 2.05) is 52.0 Å². The Kier molecular flexibility index (Phi) is 8.95. The zero-order valence-corrected chi connectivity index (χ0v) is 25.6. The van der Waals surface area contributed by atoms with Crippen LogP contribution >= 0.6 is 23.2 Å². The molecule has 1 heterocycles. The number of nitrogens with zero attached hydrogens (tertiary/aromatic N) is 1. The molecule has 1 aromatic carbocycles. The average molecular weight is 609 g/mol. The van der Waals surface area contributed by atoms with Crippen molar-refractivity contribution in [2.45, 2.75) is 81.4 Å².